The van der Waals surface area contributed by atoms with Crippen LogP contribution in [-0.2, 0) is 16.8 Å². The second-order valence-corrected chi connectivity index (χ2v) is 7.88. The number of hydrogen-bond donors (Lipinski definition) is 0. The Morgan fingerprint density at radius 2 is 1.45 bits per heavy atom. The molecule has 33 heavy (non-hydrogen) atoms. The Balaban J connectivity index is 2.08. The summed E-state index contributed by atoms with van der Waals surface area (Å²) in [5, 5.41) is 9.97. The molecule has 2 aromatic carbocycles. The van der Waals surface area contributed by atoms with Gasteiger partial charge in [0.15, 0.2) is 28.5 Å². The zero-order chi connectivity index (χ0) is 24.6. The fourth-order valence-electron chi connectivity index (χ4n) is 3.49. The van der Waals surface area contributed by atoms with E-state index in [4.69, 9.17) is 18.9 Å². The Bertz CT molecular complexity index is 1000. The van der Waals surface area contributed by atoms with Gasteiger partial charge in [0.25, 0.3) is 0 Å². The van der Waals surface area contributed by atoms with Crippen molar-refractivity contribution in [3.63, 3.8) is 0 Å². The van der Waals surface area contributed by atoms with Gasteiger partial charge in [-0.3, -0.25) is 9.69 Å². The largest absolute Gasteiger partial charge is 0.493 e. The van der Waals surface area contributed by atoms with Gasteiger partial charge < -0.3 is 23.8 Å². The van der Waals surface area contributed by atoms with Gasteiger partial charge in [-0.25, -0.2) is 0 Å². The molecule has 0 saturated carbocycles. The summed E-state index contributed by atoms with van der Waals surface area (Å²) in [5.74, 6) is 2.25. The molecule has 2 rings (SSSR count). The van der Waals surface area contributed by atoms with Crippen LogP contribution in [0.2, 0.25) is 0 Å². The number of carbonyl (C=O) groups is 1. The number of nitriles is 1. The summed E-state index contributed by atoms with van der Waals surface area (Å²) in [7, 11) is 9.82. The second kappa shape index (κ2) is 11.4. The summed E-state index contributed by atoms with van der Waals surface area (Å²) in [6, 6.07) is 13.3. The molecule has 0 unspecified atom stereocenters. The van der Waals surface area contributed by atoms with Crippen LogP contribution in [0.15, 0.2) is 36.4 Å². The van der Waals surface area contributed by atoms with Crippen LogP contribution in [0.4, 0.5) is 0 Å². The van der Waals surface area contributed by atoms with Crippen LogP contribution in [-0.4, -0.2) is 71.3 Å². The fraction of sp³-hybridized carbons (Fsp3) is 0.440. The minimum atomic E-state index is -1.17. The van der Waals surface area contributed by atoms with Crippen molar-refractivity contribution in [2.24, 2.45) is 0 Å². The van der Waals surface area contributed by atoms with E-state index in [1.807, 2.05) is 30.1 Å². The molecule has 0 fully saturated rings. The van der Waals surface area contributed by atoms with Crippen LogP contribution in [0.1, 0.15) is 18.1 Å². The summed E-state index contributed by atoms with van der Waals surface area (Å²) in [6.07, 6.45) is 0.735. The van der Waals surface area contributed by atoms with Gasteiger partial charge in [-0.1, -0.05) is 12.1 Å². The number of rotatable bonds is 11. The lowest BCUT2D eigenvalue weighted by Gasteiger charge is -2.34. The Hall–Kier alpha value is -3.44. The predicted octanol–water partition coefficient (Wildman–Crippen LogP) is 3.09. The van der Waals surface area contributed by atoms with Crippen molar-refractivity contribution in [1.82, 2.24) is 9.80 Å². The van der Waals surface area contributed by atoms with E-state index in [1.165, 1.54) is 12.0 Å². The van der Waals surface area contributed by atoms with Crippen molar-refractivity contribution in [2.45, 2.75) is 18.9 Å². The molecule has 0 radical (unpaired) electrons. The van der Waals surface area contributed by atoms with E-state index in [0.29, 0.717) is 35.1 Å². The van der Waals surface area contributed by atoms with E-state index in [9.17, 15) is 10.1 Å². The monoisotopic (exact) mass is 455 g/mol. The Morgan fingerprint density at radius 1 is 0.909 bits per heavy atom. The quantitative estimate of drug-likeness (QED) is 0.515. The lowest BCUT2D eigenvalue weighted by Crippen LogP contribution is -2.47. The van der Waals surface area contributed by atoms with Crippen molar-refractivity contribution in [1.29, 1.82) is 5.26 Å². The number of methoxy groups -OCH3 is 4. The second-order valence-electron chi connectivity index (χ2n) is 7.88. The van der Waals surface area contributed by atoms with E-state index in [1.54, 1.807) is 53.5 Å². The zero-order valence-electron chi connectivity index (χ0n) is 20.5. The van der Waals surface area contributed by atoms with Crippen molar-refractivity contribution < 1.29 is 23.7 Å². The van der Waals surface area contributed by atoms with E-state index in [2.05, 4.69) is 6.07 Å². The summed E-state index contributed by atoms with van der Waals surface area (Å²) in [6.45, 7) is 2.55. The average molecular weight is 456 g/mol. The topological polar surface area (TPSA) is 84.3 Å². The van der Waals surface area contributed by atoms with Crippen LogP contribution in [0.5, 0.6) is 23.0 Å². The molecule has 0 heterocycles. The van der Waals surface area contributed by atoms with Crippen LogP contribution < -0.4 is 18.9 Å². The highest BCUT2D eigenvalue weighted by Gasteiger charge is 2.35. The SMILES string of the molecule is COc1ccc(CCN(C)CC(=O)N(C)[C@](C)(C#N)c2ccc(OC)c(OC)c2)cc1OC. The standard InChI is InChI=1S/C25H33N3O5/c1-25(17-26,19-9-11-21(31-5)23(15-19)33-7)28(3)24(29)16-27(2)13-12-18-8-10-20(30-4)22(14-18)32-6/h8-11,14-15H,12-13,16H2,1-7H3/t25-/m1/s1. The van der Waals surface area contributed by atoms with Gasteiger partial charge in [0, 0.05) is 13.6 Å². The van der Waals surface area contributed by atoms with Gasteiger partial charge in [-0.15, -0.1) is 0 Å². The molecule has 0 aliphatic rings. The minimum absolute atomic E-state index is 0.163. The molecular formula is C25H33N3O5. The lowest BCUT2D eigenvalue weighted by atomic mass is 9.91. The first-order valence-corrected chi connectivity index (χ1v) is 10.5. The summed E-state index contributed by atoms with van der Waals surface area (Å²) in [4.78, 5) is 16.5. The molecule has 178 valence electrons. The highest BCUT2D eigenvalue weighted by Crippen LogP contribution is 2.34. The molecule has 2 aromatic rings. The van der Waals surface area contributed by atoms with Gasteiger partial charge in [0.05, 0.1) is 41.1 Å². The number of likely N-dealkylation sites (N-methyl/N-ethyl adjacent to an activating group) is 2. The first-order valence-electron chi connectivity index (χ1n) is 10.5. The number of hydrogen-bond acceptors (Lipinski definition) is 7. The Kier molecular flexibility index (Phi) is 8.94. The van der Waals surface area contributed by atoms with Gasteiger partial charge in [0.2, 0.25) is 5.91 Å². The van der Waals surface area contributed by atoms with E-state index < -0.39 is 5.54 Å². The summed E-state index contributed by atoms with van der Waals surface area (Å²) < 4.78 is 21.3. The maximum Gasteiger partial charge on any atom is 0.238 e. The fourth-order valence-corrected chi connectivity index (χ4v) is 3.49. The molecule has 1 atom stereocenters. The molecule has 0 aliphatic carbocycles. The third-order valence-electron chi connectivity index (χ3n) is 5.84. The molecule has 8 nitrogen and oxygen atoms in total. The maximum absolute atomic E-state index is 13.0. The normalized spacial score (nSPS) is 12.5. The van der Waals surface area contributed by atoms with E-state index >= 15 is 0 Å². The van der Waals surface area contributed by atoms with Crippen molar-refractivity contribution >= 4 is 5.91 Å². The van der Waals surface area contributed by atoms with Gasteiger partial charge >= 0.3 is 0 Å². The number of ether oxygens (including phenoxy) is 4. The highest BCUT2D eigenvalue weighted by molar-refractivity contribution is 5.79. The third-order valence-corrected chi connectivity index (χ3v) is 5.84. The lowest BCUT2D eigenvalue weighted by molar-refractivity contribution is -0.134. The number of nitrogens with zero attached hydrogens (tertiary/aromatic N) is 3. The van der Waals surface area contributed by atoms with Crippen LogP contribution in [0.25, 0.3) is 0 Å². The van der Waals surface area contributed by atoms with Crippen LogP contribution in [0.3, 0.4) is 0 Å². The van der Waals surface area contributed by atoms with Gasteiger partial charge in [-0.2, -0.15) is 5.26 Å². The molecule has 0 saturated heterocycles. The van der Waals surface area contributed by atoms with Crippen LogP contribution >= 0.6 is 0 Å². The molecule has 1 amide bonds. The van der Waals surface area contributed by atoms with E-state index in [0.717, 1.165) is 12.0 Å². The Labute approximate surface area is 196 Å². The molecule has 0 N–H and O–H groups in total. The van der Waals surface area contributed by atoms with Gasteiger partial charge in [-0.05, 0) is 55.8 Å². The smallest absolute Gasteiger partial charge is 0.238 e. The summed E-state index contributed by atoms with van der Waals surface area (Å²) >= 11 is 0. The van der Waals surface area contributed by atoms with Crippen molar-refractivity contribution in [2.75, 3.05) is 55.6 Å². The number of benzene rings is 2. The maximum atomic E-state index is 13.0. The summed E-state index contributed by atoms with van der Waals surface area (Å²) in [5.41, 5.74) is 0.555. The predicted molar refractivity (Wildman–Crippen MR) is 126 cm³/mol. The van der Waals surface area contributed by atoms with E-state index in [-0.39, 0.29) is 12.5 Å². The number of amides is 1. The minimum Gasteiger partial charge on any atom is -0.493 e. The average Bonchev–Trinajstić information content (AvgIpc) is 2.85. The van der Waals surface area contributed by atoms with Gasteiger partial charge in [0.1, 0.15) is 0 Å². The molecule has 0 spiro atoms. The Morgan fingerprint density at radius 3 is 2.00 bits per heavy atom. The third kappa shape index (κ3) is 5.88. The highest BCUT2D eigenvalue weighted by atomic mass is 16.5. The first kappa shape index (κ1) is 25.8. The van der Waals surface area contributed by atoms with Crippen LogP contribution in [0, 0.1) is 11.3 Å². The molecule has 8 heteroatoms. The van der Waals surface area contributed by atoms with Crippen molar-refractivity contribution in [3.05, 3.63) is 47.5 Å². The molecule has 0 bridgehead atoms. The first-order chi connectivity index (χ1) is 15.7. The number of carbonyl (C=O) groups excluding carboxylic acids is 1. The molecule has 0 aliphatic heterocycles. The molecular weight excluding hydrogens is 422 g/mol. The molecule has 0 aromatic heterocycles. The zero-order valence-corrected chi connectivity index (χ0v) is 20.5. The van der Waals surface area contributed by atoms with Crippen molar-refractivity contribution in [3.8, 4) is 29.1 Å².